The largest absolute Gasteiger partial charge is 0.303 e. The first kappa shape index (κ1) is 26.9. The molecule has 0 saturated heterocycles. The predicted octanol–water partition coefficient (Wildman–Crippen LogP) is 5.98. The molecule has 0 radical (unpaired) electrons. The molecule has 2 unspecified atom stereocenters. The van der Waals surface area contributed by atoms with E-state index in [0.717, 1.165) is 56.7 Å². The lowest BCUT2D eigenvalue weighted by Crippen LogP contribution is -2.05. The van der Waals surface area contributed by atoms with Crippen LogP contribution in [0.1, 0.15) is 59.3 Å². The second kappa shape index (κ2) is 18.5. The van der Waals surface area contributed by atoms with E-state index in [0.29, 0.717) is 18.1 Å². The highest BCUT2D eigenvalue weighted by Crippen LogP contribution is 2.21. The highest BCUT2D eigenvalue weighted by atomic mass is 16.1. The molecular formula is C24H36O3. The second-order valence-corrected chi connectivity index (χ2v) is 6.87. The van der Waals surface area contributed by atoms with Gasteiger partial charge in [0.2, 0.25) is 0 Å². The zero-order chi connectivity index (χ0) is 21.1. The minimum atomic E-state index is 0.314. The van der Waals surface area contributed by atoms with Crippen molar-refractivity contribution in [2.45, 2.75) is 59.3 Å². The molecule has 2 aliphatic rings. The number of rotatable bonds is 4. The van der Waals surface area contributed by atoms with Crippen LogP contribution in [0.25, 0.3) is 0 Å². The summed E-state index contributed by atoms with van der Waals surface area (Å²) in [6, 6.07) is 0. The maximum Gasteiger partial charge on any atom is 0.142 e. The highest BCUT2D eigenvalue weighted by Gasteiger charge is 2.11. The molecule has 2 atom stereocenters. The molecule has 0 bridgehead atoms. The lowest BCUT2D eigenvalue weighted by molar-refractivity contribution is -0.112. The van der Waals surface area contributed by atoms with E-state index < -0.39 is 0 Å². The number of aldehydes is 3. The molecule has 27 heavy (non-hydrogen) atoms. The number of hydrogen-bond donors (Lipinski definition) is 0. The fourth-order valence-electron chi connectivity index (χ4n) is 2.37. The predicted molar refractivity (Wildman–Crippen MR) is 116 cm³/mol. The van der Waals surface area contributed by atoms with Gasteiger partial charge in [-0.2, -0.15) is 0 Å². The first-order valence-corrected chi connectivity index (χ1v) is 9.40. The van der Waals surface area contributed by atoms with E-state index >= 15 is 0 Å². The molecule has 0 aromatic carbocycles. The molecule has 0 heterocycles. The first-order valence-electron chi connectivity index (χ1n) is 9.40. The van der Waals surface area contributed by atoms with Crippen molar-refractivity contribution in [2.75, 3.05) is 0 Å². The summed E-state index contributed by atoms with van der Waals surface area (Å²) in [5.74, 6) is 0.628. The van der Waals surface area contributed by atoms with Gasteiger partial charge in [-0.25, -0.2) is 0 Å². The molecule has 0 aromatic heterocycles. The average molecular weight is 373 g/mol. The van der Waals surface area contributed by atoms with E-state index in [2.05, 4.69) is 45.7 Å². The maximum atomic E-state index is 10.3. The molecule has 0 saturated carbocycles. The zero-order valence-electron chi connectivity index (χ0n) is 17.3. The standard InChI is InChI=1S/2C8H12O.C5H8.C3H4O/c1-7-2-4-8(6-9)5-3-7;1-7-3-2-4-8(5-7)6-9;1-4-5(2)3;1-2-3-4/h2,6,8H,3-5H2,1H3;3,6,8H,2,4-5H2,1H3;4H,1-2H2,3H3;2-3H,1H2. The van der Waals surface area contributed by atoms with Gasteiger partial charge in [0.1, 0.15) is 18.9 Å². The van der Waals surface area contributed by atoms with Crippen molar-refractivity contribution >= 4 is 18.9 Å². The topological polar surface area (TPSA) is 51.2 Å². The van der Waals surface area contributed by atoms with Crippen molar-refractivity contribution in [1.29, 1.82) is 0 Å². The molecule has 0 aromatic rings. The van der Waals surface area contributed by atoms with E-state index in [1.165, 1.54) is 17.2 Å². The molecular weight excluding hydrogens is 336 g/mol. The van der Waals surface area contributed by atoms with Gasteiger partial charge in [0.25, 0.3) is 0 Å². The number of allylic oxidation sites excluding steroid dienone is 7. The summed E-state index contributed by atoms with van der Waals surface area (Å²) in [6.07, 6.45) is 16.4. The van der Waals surface area contributed by atoms with Gasteiger partial charge in [0.05, 0.1) is 0 Å². The molecule has 0 N–H and O–H groups in total. The molecule has 3 nitrogen and oxygen atoms in total. The van der Waals surface area contributed by atoms with Gasteiger partial charge < -0.3 is 9.59 Å². The Morgan fingerprint density at radius 3 is 1.85 bits per heavy atom. The Labute approximate surface area is 165 Å². The van der Waals surface area contributed by atoms with Crippen molar-refractivity contribution in [3.05, 3.63) is 60.8 Å². The van der Waals surface area contributed by atoms with Crippen LogP contribution in [0, 0.1) is 11.8 Å². The SMILES string of the molecule is C=CC(=C)C.C=CC=O.CC1=CCC(C=O)CC1.CC1=CCCC(C=O)C1. The maximum absolute atomic E-state index is 10.3. The van der Waals surface area contributed by atoms with E-state index in [1.54, 1.807) is 6.08 Å². The summed E-state index contributed by atoms with van der Waals surface area (Å²) in [7, 11) is 0. The van der Waals surface area contributed by atoms with Crippen LogP contribution in [0.15, 0.2) is 60.8 Å². The fourth-order valence-corrected chi connectivity index (χ4v) is 2.37. The van der Waals surface area contributed by atoms with Crippen LogP contribution in [0.5, 0.6) is 0 Å². The van der Waals surface area contributed by atoms with Gasteiger partial charge in [-0.05, 0) is 65.4 Å². The molecule has 0 amide bonds. The Morgan fingerprint density at radius 1 is 1.00 bits per heavy atom. The first-order chi connectivity index (χ1) is 12.8. The summed E-state index contributed by atoms with van der Waals surface area (Å²) in [6.45, 7) is 16.3. The fraction of sp³-hybridized carbons (Fsp3) is 0.458. The van der Waals surface area contributed by atoms with Gasteiger partial charge in [0.15, 0.2) is 0 Å². The number of carbonyl (C=O) groups excluding carboxylic acids is 3. The zero-order valence-corrected chi connectivity index (χ0v) is 17.3. The minimum Gasteiger partial charge on any atom is -0.303 e. The third-order valence-electron chi connectivity index (χ3n) is 4.12. The van der Waals surface area contributed by atoms with Gasteiger partial charge in [0, 0.05) is 11.8 Å². The van der Waals surface area contributed by atoms with E-state index in [-0.39, 0.29) is 0 Å². The second-order valence-electron chi connectivity index (χ2n) is 6.87. The summed E-state index contributed by atoms with van der Waals surface area (Å²) in [4.78, 5) is 29.6. The average Bonchev–Trinajstić information content (AvgIpc) is 2.69. The molecule has 0 fully saturated rings. The molecule has 0 aliphatic heterocycles. The monoisotopic (exact) mass is 372 g/mol. The van der Waals surface area contributed by atoms with Crippen molar-refractivity contribution in [1.82, 2.24) is 0 Å². The lowest BCUT2D eigenvalue weighted by Gasteiger charge is -2.14. The van der Waals surface area contributed by atoms with Crippen molar-refractivity contribution < 1.29 is 14.4 Å². The molecule has 150 valence electrons. The van der Waals surface area contributed by atoms with Crippen molar-refractivity contribution in [2.24, 2.45) is 11.8 Å². The van der Waals surface area contributed by atoms with E-state index in [4.69, 9.17) is 4.79 Å². The summed E-state index contributed by atoms with van der Waals surface area (Å²) < 4.78 is 0. The Hall–Kier alpha value is -2.29. The Bertz CT molecular complexity index is 532. The quantitative estimate of drug-likeness (QED) is 0.264. The van der Waals surface area contributed by atoms with Crippen LogP contribution in [0.2, 0.25) is 0 Å². The Kier molecular flexibility index (Phi) is 18.5. The third kappa shape index (κ3) is 18.3. The summed E-state index contributed by atoms with van der Waals surface area (Å²) in [5.41, 5.74) is 3.83. The summed E-state index contributed by atoms with van der Waals surface area (Å²) in [5, 5.41) is 0. The lowest BCUT2D eigenvalue weighted by atomic mass is 9.91. The smallest absolute Gasteiger partial charge is 0.142 e. The number of carbonyl (C=O) groups is 3. The van der Waals surface area contributed by atoms with Crippen LogP contribution < -0.4 is 0 Å². The Balaban J connectivity index is 0. The van der Waals surface area contributed by atoms with Gasteiger partial charge in [-0.1, -0.05) is 54.7 Å². The minimum absolute atomic E-state index is 0.314. The third-order valence-corrected chi connectivity index (χ3v) is 4.12. The Morgan fingerprint density at radius 2 is 1.56 bits per heavy atom. The van der Waals surface area contributed by atoms with Crippen LogP contribution in [-0.2, 0) is 14.4 Å². The summed E-state index contributed by atoms with van der Waals surface area (Å²) >= 11 is 0. The highest BCUT2D eigenvalue weighted by molar-refractivity contribution is 5.63. The van der Waals surface area contributed by atoms with Crippen LogP contribution in [0.3, 0.4) is 0 Å². The molecule has 0 spiro atoms. The van der Waals surface area contributed by atoms with E-state index in [1.807, 2.05) is 6.92 Å². The van der Waals surface area contributed by atoms with Gasteiger partial charge in [-0.3, -0.25) is 4.79 Å². The molecule has 2 rings (SSSR count). The van der Waals surface area contributed by atoms with Crippen molar-refractivity contribution in [3.63, 3.8) is 0 Å². The van der Waals surface area contributed by atoms with Crippen LogP contribution in [0.4, 0.5) is 0 Å². The normalized spacial score (nSPS) is 20.1. The molecule has 3 heteroatoms. The van der Waals surface area contributed by atoms with Crippen LogP contribution >= 0.6 is 0 Å². The number of hydrogen-bond acceptors (Lipinski definition) is 3. The van der Waals surface area contributed by atoms with Crippen LogP contribution in [-0.4, -0.2) is 18.9 Å². The van der Waals surface area contributed by atoms with Gasteiger partial charge in [-0.15, -0.1) is 0 Å². The van der Waals surface area contributed by atoms with Crippen molar-refractivity contribution in [3.8, 4) is 0 Å². The van der Waals surface area contributed by atoms with Gasteiger partial charge >= 0.3 is 0 Å². The van der Waals surface area contributed by atoms with E-state index in [9.17, 15) is 9.59 Å². The molecule has 2 aliphatic carbocycles.